The molecule has 74 valence electrons. The molecule has 3 heteroatoms. The zero-order valence-corrected chi connectivity index (χ0v) is 9.38. The molecule has 1 aromatic heterocycles. The normalized spacial score (nSPS) is 11.0. The summed E-state index contributed by atoms with van der Waals surface area (Å²) in [4.78, 5) is 0. The highest BCUT2D eigenvalue weighted by atomic mass is 79.9. The summed E-state index contributed by atoms with van der Waals surface area (Å²) < 4.78 is 6.50. The number of benzene rings is 1. The molecule has 0 saturated heterocycles. The first-order valence-electron chi connectivity index (χ1n) is 4.67. The highest BCUT2D eigenvalue weighted by Gasteiger charge is 2.04. The van der Waals surface area contributed by atoms with Gasteiger partial charge in [0.05, 0.1) is 6.26 Å². The van der Waals surface area contributed by atoms with Crippen LogP contribution in [0.1, 0.15) is 12.0 Å². The first-order chi connectivity index (χ1) is 6.81. The fourth-order valence-electron chi connectivity index (χ4n) is 1.54. The summed E-state index contributed by atoms with van der Waals surface area (Å²) in [5.74, 6) is 0. The van der Waals surface area contributed by atoms with E-state index in [-0.39, 0.29) is 0 Å². The molecule has 2 N–H and O–H groups in total. The van der Waals surface area contributed by atoms with Crippen molar-refractivity contribution in [3.63, 3.8) is 0 Å². The number of hydrogen-bond donors (Lipinski definition) is 1. The maximum absolute atomic E-state index is 5.48. The third-order valence-corrected chi connectivity index (χ3v) is 2.76. The Bertz CT molecular complexity index is 436. The van der Waals surface area contributed by atoms with Gasteiger partial charge in [0.15, 0.2) is 0 Å². The van der Waals surface area contributed by atoms with Gasteiger partial charge in [-0.3, -0.25) is 0 Å². The van der Waals surface area contributed by atoms with Gasteiger partial charge in [-0.2, -0.15) is 0 Å². The van der Waals surface area contributed by atoms with Crippen molar-refractivity contribution in [3.05, 3.63) is 34.5 Å². The fourth-order valence-corrected chi connectivity index (χ4v) is 1.88. The maximum atomic E-state index is 5.48. The number of hydrogen-bond acceptors (Lipinski definition) is 2. The second-order valence-corrected chi connectivity index (χ2v) is 4.21. The van der Waals surface area contributed by atoms with Crippen LogP contribution in [-0.2, 0) is 6.42 Å². The highest BCUT2D eigenvalue weighted by Crippen LogP contribution is 2.25. The second kappa shape index (κ2) is 4.15. The molecule has 0 bridgehead atoms. The molecule has 2 aromatic rings. The van der Waals surface area contributed by atoms with Crippen molar-refractivity contribution >= 4 is 26.9 Å². The molecular weight excluding hydrogens is 242 g/mol. The Hall–Kier alpha value is -0.800. The summed E-state index contributed by atoms with van der Waals surface area (Å²) in [7, 11) is 0. The average Bonchev–Trinajstić information content (AvgIpc) is 2.57. The van der Waals surface area contributed by atoms with Crippen LogP contribution in [-0.4, -0.2) is 6.54 Å². The van der Waals surface area contributed by atoms with E-state index in [1.807, 2.05) is 18.4 Å². The molecule has 0 radical (unpaired) electrons. The van der Waals surface area contributed by atoms with E-state index in [0.717, 1.165) is 29.4 Å². The van der Waals surface area contributed by atoms with E-state index in [4.69, 9.17) is 10.2 Å². The molecule has 1 heterocycles. The van der Waals surface area contributed by atoms with Crippen LogP contribution in [0.25, 0.3) is 11.0 Å². The minimum Gasteiger partial charge on any atom is -0.464 e. The van der Waals surface area contributed by atoms with Gasteiger partial charge in [0.2, 0.25) is 0 Å². The van der Waals surface area contributed by atoms with Crippen molar-refractivity contribution in [2.24, 2.45) is 5.73 Å². The molecule has 2 nitrogen and oxygen atoms in total. The molecule has 0 saturated carbocycles. The Morgan fingerprint density at radius 3 is 3.00 bits per heavy atom. The number of rotatable bonds is 3. The van der Waals surface area contributed by atoms with Gasteiger partial charge in [-0.15, -0.1) is 0 Å². The van der Waals surface area contributed by atoms with Crippen molar-refractivity contribution in [1.82, 2.24) is 0 Å². The molecule has 0 aliphatic heterocycles. The lowest BCUT2D eigenvalue weighted by Crippen LogP contribution is -1.99. The highest BCUT2D eigenvalue weighted by molar-refractivity contribution is 9.10. The van der Waals surface area contributed by atoms with Gasteiger partial charge in [-0.1, -0.05) is 15.9 Å². The third kappa shape index (κ3) is 1.83. The molecule has 0 amide bonds. The summed E-state index contributed by atoms with van der Waals surface area (Å²) in [5, 5.41) is 1.20. The molecule has 14 heavy (non-hydrogen) atoms. The van der Waals surface area contributed by atoms with Gasteiger partial charge in [-0.05, 0) is 43.1 Å². The lowest BCUT2D eigenvalue weighted by atomic mass is 10.1. The summed E-state index contributed by atoms with van der Waals surface area (Å²) in [5.41, 5.74) is 7.66. The SMILES string of the molecule is NCCCc1coc2cc(Br)ccc12. The number of halogens is 1. The summed E-state index contributed by atoms with van der Waals surface area (Å²) in [6.45, 7) is 0.725. The molecule has 0 fully saturated rings. The van der Waals surface area contributed by atoms with Crippen molar-refractivity contribution in [3.8, 4) is 0 Å². The van der Waals surface area contributed by atoms with E-state index in [1.165, 1.54) is 10.9 Å². The van der Waals surface area contributed by atoms with E-state index in [9.17, 15) is 0 Å². The largest absolute Gasteiger partial charge is 0.464 e. The predicted molar refractivity (Wildman–Crippen MR) is 61.3 cm³/mol. The first-order valence-corrected chi connectivity index (χ1v) is 5.46. The minimum absolute atomic E-state index is 0.725. The van der Waals surface area contributed by atoms with Gasteiger partial charge in [-0.25, -0.2) is 0 Å². The smallest absolute Gasteiger partial charge is 0.135 e. The molecule has 0 spiro atoms. The minimum atomic E-state index is 0.725. The van der Waals surface area contributed by atoms with E-state index < -0.39 is 0 Å². The average molecular weight is 254 g/mol. The quantitative estimate of drug-likeness (QED) is 0.914. The molecule has 0 unspecified atom stereocenters. The first kappa shape index (κ1) is 9.74. The van der Waals surface area contributed by atoms with Crippen molar-refractivity contribution in [2.45, 2.75) is 12.8 Å². The van der Waals surface area contributed by atoms with E-state index in [0.29, 0.717) is 0 Å². The van der Waals surface area contributed by atoms with Crippen molar-refractivity contribution in [2.75, 3.05) is 6.54 Å². The molecule has 0 atom stereocenters. The van der Waals surface area contributed by atoms with Crippen LogP contribution in [0.3, 0.4) is 0 Å². The standard InChI is InChI=1S/C11H12BrNO/c12-9-3-4-10-8(2-1-5-13)7-14-11(10)6-9/h3-4,6-7H,1-2,5,13H2. The van der Waals surface area contributed by atoms with Crippen molar-refractivity contribution < 1.29 is 4.42 Å². The summed E-state index contributed by atoms with van der Waals surface area (Å²) in [6.07, 6.45) is 3.82. The molecule has 2 rings (SSSR count). The van der Waals surface area contributed by atoms with Gasteiger partial charge in [0, 0.05) is 9.86 Å². The Kier molecular flexibility index (Phi) is 2.89. The van der Waals surface area contributed by atoms with Crippen LogP contribution in [0.2, 0.25) is 0 Å². The summed E-state index contributed by atoms with van der Waals surface area (Å²) >= 11 is 3.41. The maximum Gasteiger partial charge on any atom is 0.135 e. The number of furan rings is 1. The van der Waals surface area contributed by atoms with Crippen LogP contribution in [0, 0.1) is 0 Å². The van der Waals surface area contributed by atoms with Gasteiger partial charge in [0.25, 0.3) is 0 Å². The van der Waals surface area contributed by atoms with Gasteiger partial charge >= 0.3 is 0 Å². The van der Waals surface area contributed by atoms with Gasteiger partial charge in [0.1, 0.15) is 5.58 Å². The van der Waals surface area contributed by atoms with Gasteiger partial charge < -0.3 is 10.2 Å². The monoisotopic (exact) mass is 253 g/mol. The second-order valence-electron chi connectivity index (χ2n) is 3.29. The van der Waals surface area contributed by atoms with Crippen LogP contribution in [0.15, 0.2) is 33.4 Å². The summed E-state index contributed by atoms with van der Waals surface area (Å²) in [6, 6.07) is 6.10. The Balaban J connectivity index is 2.37. The topological polar surface area (TPSA) is 39.2 Å². The van der Waals surface area contributed by atoms with E-state index in [1.54, 1.807) is 0 Å². The zero-order chi connectivity index (χ0) is 9.97. The fraction of sp³-hybridized carbons (Fsp3) is 0.273. The van der Waals surface area contributed by atoms with Crippen LogP contribution < -0.4 is 5.73 Å². The molecule has 0 aliphatic carbocycles. The van der Waals surface area contributed by atoms with E-state index >= 15 is 0 Å². The van der Waals surface area contributed by atoms with Crippen LogP contribution in [0.4, 0.5) is 0 Å². The Morgan fingerprint density at radius 2 is 2.21 bits per heavy atom. The lowest BCUT2D eigenvalue weighted by molar-refractivity contribution is 0.608. The van der Waals surface area contributed by atoms with Crippen molar-refractivity contribution in [1.29, 1.82) is 0 Å². The molecular formula is C11H12BrNO. The lowest BCUT2D eigenvalue weighted by Gasteiger charge is -1.95. The Labute approximate surface area is 91.2 Å². The zero-order valence-electron chi connectivity index (χ0n) is 7.79. The number of nitrogens with two attached hydrogens (primary N) is 1. The third-order valence-electron chi connectivity index (χ3n) is 2.27. The van der Waals surface area contributed by atoms with Crippen LogP contribution >= 0.6 is 15.9 Å². The predicted octanol–water partition coefficient (Wildman–Crippen LogP) is 3.09. The number of fused-ring (bicyclic) bond motifs is 1. The Morgan fingerprint density at radius 1 is 1.36 bits per heavy atom. The van der Waals surface area contributed by atoms with Crippen LogP contribution in [0.5, 0.6) is 0 Å². The molecule has 0 aliphatic rings. The van der Waals surface area contributed by atoms with E-state index in [2.05, 4.69) is 22.0 Å². The molecule has 1 aromatic carbocycles. The number of aryl methyl sites for hydroxylation is 1.